The van der Waals surface area contributed by atoms with Crippen molar-refractivity contribution in [2.45, 2.75) is 0 Å². The number of hydrogen-bond acceptors (Lipinski definition) is 5. The van der Waals surface area contributed by atoms with Crippen molar-refractivity contribution in [2.24, 2.45) is 7.05 Å². The molecule has 0 N–H and O–H groups in total. The van der Waals surface area contributed by atoms with E-state index in [0.29, 0.717) is 43.2 Å². The molecule has 0 bridgehead atoms. The summed E-state index contributed by atoms with van der Waals surface area (Å²) in [6.07, 6.45) is 3.28. The molecule has 6 nitrogen and oxygen atoms in total. The zero-order chi connectivity index (χ0) is 20.9. The van der Waals surface area contributed by atoms with Crippen LogP contribution in [0.25, 0.3) is 17.3 Å². The molecule has 1 aromatic heterocycles. The van der Waals surface area contributed by atoms with Crippen LogP contribution in [0.15, 0.2) is 71.5 Å². The van der Waals surface area contributed by atoms with Crippen molar-refractivity contribution in [3.05, 3.63) is 88.2 Å². The number of ether oxygens (including phenoxy) is 1. The molecule has 30 heavy (non-hydrogen) atoms. The molecule has 0 spiro atoms. The number of aryl methyl sites for hydroxylation is 1. The van der Waals surface area contributed by atoms with E-state index < -0.39 is 0 Å². The van der Waals surface area contributed by atoms with Gasteiger partial charge in [-0.3, -0.25) is 9.59 Å². The molecular formula is C24H23N3O3. The average Bonchev–Trinajstić information content (AvgIpc) is 2.80. The van der Waals surface area contributed by atoms with Gasteiger partial charge in [-0.05, 0) is 11.6 Å². The van der Waals surface area contributed by atoms with Crippen LogP contribution in [0.4, 0.5) is 5.69 Å². The Hall–Kier alpha value is -3.51. The number of hydrogen-bond donors (Lipinski definition) is 0. The van der Waals surface area contributed by atoms with Crippen LogP contribution >= 0.6 is 0 Å². The van der Waals surface area contributed by atoms with Gasteiger partial charge in [-0.25, -0.2) is 4.68 Å². The Labute approximate surface area is 175 Å². The number of benzene rings is 2. The van der Waals surface area contributed by atoms with Crippen LogP contribution < -0.4 is 10.5 Å². The van der Waals surface area contributed by atoms with Crippen molar-refractivity contribution < 1.29 is 9.53 Å². The lowest BCUT2D eigenvalue weighted by molar-refractivity contribution is 0.104. The zero-order valence-corrected chi connectivity index (χ0v) is 16.8. The molecule has 2 aromatic carbocycles. The number of allylic oxidation sites excluding steroid dienone is 1. The van der Waals surface area contributed by atoms with Crippen molar-refractivity contribution in [3.63, 3.8) is 0 Å². The molecule has 1 saturated heterocycles. The number of anilines is 1. The number of aromatic nitrogens is 2. The predicted molar refractivity (Wildman–Crippen MR) is 118 cm³/mol. The van der Waals surface area contributed by atoms with E-state index >= 15 is 0 Å². The maximum atomic E-state index is 13.4. The molecule has 0 aliphatic carbocycles. The van der Waals surface area contributed by atoms with Crippen LogP contribution in [0.3, 0.4) is 0 Å². The van der Waals surface area contributed by atoms with Crippen molar-refractivity contribution >= 4 is 17.5 Å². The Morgan fingerprint density at radius 2 is 1.63 bits per heavy atom. The summed E-state index contributed by atoms with van der Waals surface area (Å²) in [4.78, 5) is 28.4. The highest BCUT2D eigenvalue weighted by Crippen LogP contribution is 2.28. The lowest BCUT2D eigenvalue weighted by Crippen LogP contribution is -2.42. The van der Waals surface area contributed by atoms with Crippen molar-refractivity contribution in [3.8, 4) is 11.3 Å². The third-order valence-electron chi connectivity index (χ3n) is 5.07. The van der Waals surface area contributed by atoms with Gasteiger partial charge in [-0.2, -0.15) is 5.10 Å². The molecule has 4 rings (SSSR count). The maximum absolute atomic E-state index is 13.4. The second-order valence-corrected chi connectivity index (χ2v) is 7.07. The van der Waals surface area contributed by atoms with Gasteiger partial charge in [0, 0.05) is 25.7 Å². The number of rotatable bonds is 5. The SMILES string of the molecule is Cn1nc(-c2ccccc2)c(C(=O)/C=C/c2ccccc2)c(N2CCOCC2)c1=O. The maximum Gasteiger partial charge on any atom is 0.290 e. The van der Waals surface area contributed by atoms with Gasteiger partial charge < -0.3 is 9.64 Å². The summed E-state index contributed by atoms with van der Waals surface area (Å²) in [5.74, 6) is -0.246. The second kappa shape index (κ2) is 8.88. The van der Waals surface area contributed by atoms with Gasteiger partial charge in [0.15, 0.2) is 5.78 Å². The Balaban J connectivity index is 1.88. The third-order valence-corrected chi connectivity index (χ3v) is 5.07. The Bertz CT molecular complexity index is 1120. The van der Waals surface area contributed by atoms with Gasteiger partial charge >= 0.3 is 0 Å². The molecule has 1 aliphatic heterocycles. The molecule has 1 fully saturated rings. The zero-order valence-electron chi connectivity index (χ0n) is 16.8. The van der Waals surface area contributed by atoms with E-state index in [4.69, 9.17) is 4.74 Å². The normalized spacial score (nSPS) is 14.2. The van der Waals surface area contributed by atoms with E-state index in [1.807, 2.05) is 65.6 Å². The van der Waals surface area contributed by atoms with Crippen LogP contribution in [-0.2, 0) is 11.8 Å². The molecule has 0 unspecified atom stereocenters. The van der Waals surface area contributed by atoms with Crippen molar-refractivity contribution in [2.75, 3.05) is 31.2 Å². The largest absolute Gasteiger partial charge is 0.378 e. The van der Waals surface area contributed by atoms with Gasteiger partial charge in [-0.15, -0.1) is 0 Å². The Morgan fingerprint density at radius 3 is 2.30 bits per heavy atom. The van der Waals surface area contributed by atoms with Crippen molar-refractivity contribution in [1.82, 2.24) is 9.78 Å². The highest BCUT2D eigenvalue weighted by Gasteiger charge is 2.27. The molecule has 0 amide bonds. The standard InChI is InChI=1S/C24H23N3O3/c1-26-24(29)23(27-14-16-30-17-15-27)21(22(25-26)19-10-6-3-7-11-19)20(28)13-12-18-8-4-2-5-9-18/h2-13H,14-17H2,1H3/b13-12+. The van der Waals surface area contributed by atoms with E-state index in [2.05, 4.69) is 5.10 Å². The lowest BCUT2D eigenvalue weighted by atomic mass is 10.00. The molecule has 2 heterocycles. The number of carbonyl (C=O) groups is 1. The number of nitrogens with zero attached hydrogens (tertiary/aromatic N) is 3. The third kappa shape index (κ3) is 4.09. The molecule has 6 heteroatoms. The molecule has 152 valence electrons. The first-order valence-corrected chi connectivity index (χ1v) is 9.92. The number of morpholine rings is 1. The van der Waals surface area contributed by atoms with Crippen LogP contribution in [0.2, 0.25) is 0 Å². The van der Waals surface area contributed by atoms with Gasteiger partial charge in [0.05, 0.1) is 18.8 Å². The van der Waals surface area contributed by atoms with Crippen LogP contribution in [-0.4, -0.2) is 41.9 Å². The minimum absolute atomic E-state index is 0.246. The summed E-state index contributed by atoms with van der Waals surface area (Å²) in [5.41, 5.74) is 2.64. The van der Waals surface area contributed by atoms with Gasteiger partial charge in [0.1, 0.15) is 11.4 Å². The summed E-state index contributed by atoms with van der Waals surface area (Å²) >= 11 is 0. The van der Waals surface area contributed by atoms with Crippen LogP contribution in [0.5, 0.6) is 0 Å². The van der Waals surface area contributed by atoms with E-state index in [-0.39, 0.29) is 11.3 Å². The molecule has 0 saturated carbocycles. The molecule has 3 aromatic rings. The van der Waals surface area contributed by atoms with Crippen molar-refractivity contribution in [1.29, 1.82) is 0 Å². The number of ketones is 1. The van der Waals surface area contributed by atoms with Crippen LogP contribution in [0.1, 0.15) is 15.9 Å². The fourth-order valence-electron chi connectivity index (χ4n) is 3.55. The van der Waals surface area contributed by atoms with E-state index in [1.165, 1.54) is 10.8 Å². The highest BCUT2D eigenvalue weighted by atomic mass is 16.5. The summed E-state index contributed by atoms with van der Waals surface area (Å²) in [6, 6.07) is 19.1. The van der Waals surface area contributed by atoms with E-state index in [1.54, 1.807) is 13.1 Å². The lowest BCUT2D eigenvalue weighted by Gasteiger charge is -2.30. The second-order valence-electron chi connectivity index (χ2n) is 7.07. The highest BCUT2D eigenvalue weighted by molar-refractivity contribution is 6.14. The fourth-order valence-corrected chi connectivity index (χ4v) is 3.55. The fraction of sp³-hybridized carbons (Fsp3) is 0.208. The molecule has 0 radical (unpaired) electrons. The molecular weight excluding hydrogens is 378 g/mol. The Morgan fingerprint density at radius 1 is 1.00 bits per heavy atom. The minimum atomic E-state index is -0.284. The average molecular weight is 401 g/mol. The predicted octanol–water partition coefficient (Wildman–Crippen LogP) is 3.18. The first-order chi connectivity index (χ1) is 14.6. The van der Waals surface area contributed by atoms with E-state index in [9.17, 15) is 9.59 Å². The number of carbonyl (C=O) groups excluding carboxylic acids is 1. The quantitative estimate of drug-likeness (QED) is 0.485. The first kappa shape index (κ1) is 19.8. The topological polar surface area (TPSA) is 64.4 Å². The smallest absolute Gasteiger partial charge is 0.290 e. The molecule has 1 aliphatic rings. The van der Waals surface area contributed by atoms with E-state index in [0.717, 1.165) is 11.1 Å². The summed E-state index contributed by atoms with van der Waals surface area (Å²) in [6.45, 7) is 2.13. The monoisotopic (exact) mass is 401 g/mol. The molecule has 0 atom stereocenters. The van der Waals surface area contributed by atoms with Crippen LogP contribution in [0, 0.1) is 0 Å². The summed E-state index contributed by atoms with van der Waals surface area (Å²) < 4.78 is 6.76. The summed E-state index contributed by atoms with van der Waals surface area (Å²) in [7, 11) is 1.62. The van der Waals surface area contributed by atoms with Gasteiger partial charge in [-0.1, -0.05) is 66.7 Å². The van der Waals surface area contributed by atoms with Gasteiger partial charge in [0.2, 0.25) is 0 Å². The minimum Gasteiger partial charge on any atom is -0.378 e. The summed E-state index contributed by atoms with van der Waals surface area (Å²) in [5, 5.41) is 4.47. The Kier molecular flexibility index (Phi) is 5.86. The first-order valence-electron chi connectivity index (χ1n) is 9.92. The van der Waals surface area contributed by atoms with Gasteiger partial charge in [0.25, 0.3) is 5.56 Å².